The highest BCUT2D eigenvalue weighted by Crippen LogP contribution is 2.18. The van der Waals surface area contributed by atoms with Gasteiger partial charge in [-0.15, -0.1) is 11.3 Å². The zero-order chi connectivity index (χ0) is 12.0. The normalized spacial score (nSPS) is 12.0. The summed E-state index contributed by atoms with van der Waals surface area (Å²) in [7, 11) is 0. The van der Waals surface area contributed by atoms with Crippen LogP contribution >= 0.6 is 23.1 Å². The molecule has 92 valence electrons. The molecule has 16 heavy (non-hydrogen) atoms. The van der Waals surface area contributed by atoms with E-state index in [0.717, 1.165) is 22.2 Å². The van der Waals surface area contributed by atoms with E-state index in [1.807, 2.05) is 20.8 Å². The molecule has 3 nitrogen and oxygen atoms in total. The Labute approximate surface area is 105 Å². The van der Waals surface area contributed by atoms with Crippen molar-refractivity contribution in [1.29, 1.82) is 0 Å². The second-order valence-electron chi connectivity index (χ2n) is 4.41. The van der Waals surface area contributed by atoms with Gasteiger partial charge in [0.2, 0.25) is 0 Å². The molecule has 0 fully saturated rings. The minimum absolute atomic E-state index is 0.114. The molecule has 0 unspecified atom stereocenters. The molecule has 0 aliphatic carbocycles. The average molecular weight is 261 g/mol. The molecular formula is C11H19NO2S2. The lowest BCUT2D eigenvalue weighted by Crippen LogP contribution is -2.18. The van der Waals surface area contributed by atoms with Gasteiger partial charge in [-0.25, -0.2) is 4.98 Å². The number of aliphatic hydroxyl groups is 1. The van der Waals surface area contributed by atoms with E-state index in [1.54, 1.807) is 23.1 Å². The molecule has 0 aromatic carbocycles. The molecule has 1 heterocycles. The van der Waals surface area contributed by atoms with Crippen molar-refractivity contribution in [3.05, 3.63) is 16.1 Å². The number of rotatable bonds is 6. The molecule has 0 spiro atoms. The minimum Gasteiger partial charge on any atom is -0.396 e. The van der Waals surface area contributed by atoms with Crippen molar-refractivity contribution >= 4 is 23.1 Å². The summed E-state index contributed by atoms with van der Waals surface area (Å²) in [4.78, 5) is 4.48. The van der Waals surface area contributed by atoms with Crippen LogP contribution in [0.3, 0.4) is 0 Å². The molecule has 1 aromatic rings. The third-order valence-corrected chi connectivity index (χ3v) is 3.56. The Morgan fingerprint density at radius 1 is 1.50 bits per heavy atom. The Morgan fingerprint density at radius 2 is 2.25 bits per heavy atom. The van der Waals surface area contributed by atoms with Crippen LogP contribution in [-0.2, 0) is 17.1 Å². The number of hydrogen-bond donors (Lipinski definition) is 1. The Kier molecular flexibility index (Phi) is 5.75. The second-order valence-corrected chi connectivity index (χ2v) is 6.46. The minimum atomic E-state index is -0.114. The Morgan fingerprint density at radius 3 is 2.88 bits per heavy atom. The summed E-state index contributed by atoms with van der Waals surface area (Å²) >= 11 is 3.33. The summed E-state index contributed by atoms with van der Waals surface area (Å²) in [5.74, 6) is 1.64. The van der Waals surface area contributed by atoms with Crippen LogP contribution in [0.5, 0.6) is 0 Å². The fourth-order valence-corrected chi connectivity index (χ4v) is 2.44. The number of aliphatic hydroxyl groups excluding tert-OH is 1. The molecular weight excluding hydrogens is 242 g/mol. The van der Waals surface area contributed by atoms with Crippen LogP contribution in [0.15, 0.2) is 5.38 Å². The van der Waals surface area contributed by atoms with Crippen LogP contribution in [0.25, 0.3) is 0 Å². The summed E-state index contributed by atoms with van der Waals surface area (Å²) in [6.07, 6.45) is 0. The number of nitrogens with zero attached hydrogens (tertiary/aromatic N) is 1. The second kappa shape index (κ2) is 6.59. The Balaban J connectivity index is 2.33. The van der Waals surface area contributed by atoms with Crippen LogP contribution in [-0.4, -0.2) is 28.1 Å². The van der Waals surface area contributed by atoms with E-state index < -0.39 is 0 Å². The molecule has 0 aliphatic rings. The van der Waals surface area contributed by atoms with Crippen molar-refractivity contribution in [3.8, 4) is 0 Å². The summed E-state index contributed by atoms with van der Waals surface area (Å²) < 4.78 is 5.66. The third kappa shape index (κ3) is 5.84. The standard InChI is InChI=1S/C11H19NO2S2/c1-11(2,3)14-6-10-12-9(8-16-10)7-15-5-4-13/h8,13H,4-7H2,1-3H3. The van der Waals surface area contributed by atoms with Gasteiger partial charge in [0.05, 0.1) is 24.5 Å². The maximum absolute atomic E-state index is 8.66. The van der Waals surface area contributed by atoms with Gasteiger partial charge in [-0.1, -0.05) is 0 Å². The average Bonchev–Trinajstić information content (AvgIpc) is 2.62. The van der Waals surface area contributed by atoms with E-state index >= 15 is 0 Å². The predicted molar refractivity (Wildman–Crippen MR) is 69.9 cm³/mol. The third-order valence-electron chi connectivity index (χ3n) is 1.71. The molecule has 1 rings (SSSR count). The number of aromatic nitrogens is 1. The van der Waals surface area contributed by atoms with Crippen LogP contribution in [0, 0.1) is 0 Å². The molecule has 5 heteroatoms. The molecule has 0 radical (unpaired) electrons. The lowest BCUT2D eigenvalue weighted by Gasteiger charge is -2.18. The first-order valence-corrected chi connectivity index (χ1v) is 7.30. The van der Waals surface area contributed by atoms with Gasteiger partial charge in [0.25, 0.3) is 0 Å². The van der Waals surface area contributed by atoms with Gasteiger partial charge in [0, 0.05) is 16.9 Å². The van der Waals surface area contributed by atoms with Crippen molar-refractivity contribution in [3.63, 3.8) is 0 Å². The largest absolute Gasteiger partial charge is 0.396 e. The first kappa shape index (κ1) is 14.0. The monoisotopic (exact) mass is 261 g/mol. The van der Waals surface area contributed by atoms with E-state index in [-0.39, 0.29) is 12.2 Å². The molecule has 0 saturated carbocycles. The predicted octanol–water partition coefficient (Wildman–Crippen LogP) is 2.68. The molecule has 1 aromatic heterocycles. The summed E-state index contributed by atoms with van der Waals surface area (Å²) in [5, 5.41) is 11.7. The highest BCUT2D eigenvalue weighted by molar-refractivity contribution is 7.98. The molecule has 0 amide bonds. The van der Waals surface area contributed by atoms with E-state index in [1.165, 1.54) is 0 Å². The molecule has 1 N–H and O–H groups in total. The molecule has 0 aliphatic heterocycles. The highest BCUT2D eigenvalue weighted by Gasteiger charge is 2.11. The lowest BCUT2D eigenvalue weighted by atomic mass is 10.2. The van der Waals surface area contributed by atoms with Gasteiger partial charge < -0.3 is 9.84 Å². The summed E-state index contributed by atoms with van der Waals surface area (Å²) in [6.45, 7) is 6.93. The van der Waals surface area contributed by atoms with E-state index in [4.69, 9.17) is 9.84 Å². The zero-order valence-corrected chi connectivity index (χ0v) is 11.7. The fourth-order valence-electron chi connectivity index (χ4n) is 1.00. The summed E-state index contributed by atoms with van der Waals surface area (Å²) in [5.41, 5.74) is 0.966. The maximum atomic E-state index is 8.66. The Hall–Kier alpha value is -0.100. The highest BCUT2D eigenvalue weighted by atomic mass is 32.2. The zero-order valence-electron chi connectivity index (χ0n) is 10.0. The van der Waals surface area contributed by atoms with Crippen LogP contribution in [0.1, 0.15) is 31.5 Å². The first-order chi connectivity index (χ1) is 7.51. The van der Waals surface area contributed by atoms with Gasteiger partial charge in [0.1, 0.15) is 5.01 Å². The van der Waals surface area contributed by atoms with Gasteiger partial charge >= 0.3 is 0 Å². The number of hydrogen-bond acceptors (Lipinski definition) is 5. The van der Waals surface area contributed by atoms with Crippen LogP contribution in [0.2, 0.25) is 0 Å². The molecule has 0 atom stereocenters. The quantitative estimate of drug-likeness (QED) is 0.800. The van der Waals surface area contributed by atoms with Gasteiger partial charge in [-0.2, -0.15) is 11.8 Å². The van der Waals surface area contributed by atoms with Crippen molar-refractivity contribution in [1.82, 2.24) is 4.98 Å². The summed E-state index contributed by atoms with van der Waals surface area (Å²) in [6, 6.07) is 0. The van der Waals surface area contributed by atoms with Crippen LogP contribution in [0.4, 0.5) is 0 Å². The van der Waals surface area contributed by atoms with E-state index in [9.17, 15) is 0 Å². The number of thioether (sulfide) groups is 1. The van der Waals surface area contributed by atoms with Gasteiger partial charge in [-0.3, -0.25) is 0 Å². The van der Waals surface area contributed by atoms with Crippen molar-refractivity contribution in [2.75, 3.05) is 12.4 Å². The topological polar surface area (TPSA) is 42.4 Å². The number of thiazole rings is 1. The lowest BCUT2D eigenvalue weighted by molar-refractivity contribution is -0.0150. The van der Waals surface area contributed by atoms with E-state index in [2.05, 4.69) is 10.4 Å². The molecule has 0 saturated heterocycles. The first-order valence-electron chi connectivity index (χ1n) is 5.27. The number of ether oxygens (including phenoxy) is 1. The maximum Gasteiger partial charge on any atom is 0.119 e. The Bertz CT molecular complexity index is 307. The van der Waals surface area contributed by atoms with E-state index in [0.29, 0.717) is 6.61 Å². The smallest absolute Gasteiger partial charge is 0.119 e. The van der Waals surface area contributed by atoms with Crippen molar-refractivity contribution in [2.24, 2.45) is 0 Å². The molecule has 0 bridgehead atoms. The van der Waals surface area contributed by atoms with Crippen molar-refractivity contribution in [2.45, 2.75) is 38.7 Å². The van der Waals surface area contributed by atoms with Crippen molar-refractivity contribution < 1.29 is 9.84 Å². The van der Waals surface area contributed by atoms with Gasteiger partial charge in [-0.05, 0) is 20.8 Å². The van der Waals surface area contributed by atoms with Crippen LogP contribution < -0.4 is 0 Å². The van der Waals surface area contributed by atoms with Gasteiger partial charge in [0.15, 0.2) is 0 Å². The fraction of sp³-hybridized carbons (Fsp3) is 0.727. The SMILES string of the molecule is CC(C)(C)OCc1nc(CSCCO)cs1.